The summed E-state index contributed by atoms with van der Waals surface area (Å²) < 4.78 is 12.2. The number of carbonyl (C=O) groups excluding carboxylic acids is 1. The van der Waals surface area contributed by atoms with E-state index in [9.17, 15) is 4.79 Å². The van der Waals surface area contributed by atoms with E-state index < -0.39 is 0 Å². The minimum atomic E-state index is -0.173. The van der Waals surface area contributed by atoms with Crippen LogP contribution in [0.5, 0.6) is 11.5 Å². The molecule has 0 saturated carbocycles. The number of ether oxygens (including phenoxy) is 2. The summed E-state index contributed by atoms with van der Waals surface area (Å²) in [6, 6.07) is 19.6. The molecule has 5 nitrogen and oxygen atoms in total. The van der Waals surface area contributed by atoms with Crippen molar-refractivity contribution in [2.24, 2.45) is 5.10 Å². The van der Waals surface area contributed by atoms with Crippen molar-refractivity contribution >= 4 is 28.1 Å². The van der Waals surface area contributed by atoms with Gasteiger partial charge in [-0.25, -0.2) is 5.43 Å². The highest BCUT2D eigenvalue weighted by atomic mass is 79.9. The Morgan fingerprint density at radius 2 is 1.81 bits per heavy atom. The van der Waals surface area contributed by atoms with Crippen LogP contribution in [0.3, 0.4) is 0 Å². The highest BCUT2D eigenvalue weighted by molar-refractivity contribution is 9.10. The summed E-state index contributed by atoms with van der Waals surface area (Å²) in [5.74, 6) is 1.02. The predicted molar refractivity (Wildman–Crippen MR) is 127 cm³/mol. The number of hydrogen-bond acceptors (Lipinski definition) is 4. The van der Waals surface area contributed by atoms with Gasteiger partial charge in [-0.05, 0) is 69.7 Å². The van der Waals surface area contributed by atoms with Gasteiger partial charge in [0.05, 0.1) is 24.2 Å². The van der Waals surface area contributed by atoms with Crippen LogP contribution in [0.2, 0.25) is 0 Å². The Morgan fingerprint density at radius 3 is 2.52 bits per heavy atom. The minimum absolute atomic E-state index is 0.173. The van der Waals surface area contributed by atoms with Crippen molar-refractivity contribution in [2.75, 3.05) is 7.11 Å². The molecule has 0 heterocycles. The zero-order valence-electron chi connectivity index (χ0n) is 17.8. The molecule has 0 bridgehead atoms. The van der Waals surface area contributed by atoms with Crippen LogP contribution < -0.4 is 14.9 Å². The molecule has 3 rings (SSSR count). The van der Waals surface area contributed by atoms with E-state index >= 15 is 0 Å². The molecule has 6 heteroatoms. The lowest BCUT2D eigenvalue weighted by atomic mass is 10.0. The molecule has 3 aromatic rings. The highest BCUT2D eigenvalue weighted by Gasteiger charge is 2.12. The summed E-state index contributed by atoms with van der Waals surface area (Å²) in [5, 5.41) is 4.08. The lowest BCUT2D eigenvalue weighted by Gasteiger charge is -2.13. The summed E-state index contributed by atoms with van der Waals surface area (Å²) in [6.45, 7) is 4.51. The number of hydrogen-bond donors (Lipinski definition) is 1. The van der Waals surface area contributed by atoms with Gasteiger partial charge in [-0.15, -0.1) is 0 Å². The molecule has 0 aromatic heterocycles. The summed E-state index contributed by atoms with van der Waals surface area (Å²) in [5.41, 5.74) is 7.74. The Kier molecular flexibility index (Phi) is 7.84. The van der Waals surface area contributed by atoms with E-state index in [1.807, 2.05) is 74.5 Å². The first kappa shape index (κ1) is 22.6. The molecule has 0 atom stereocenters. The number of methoxy groups -OCH3 is 1. The van der Waals surface area contributed by atoms with Crippen LogP contribution in [0.1, 0.15) is 27.8 Å². The van der Waals surface area contributed by atoms with Crippen molar-refractivity contribution < 1.29 is 14.3 Å². The molecule has 1 N–H and O–H groups in total. The van der Waals surface area contributed by atoms with Gasteiger partial charge in [-0.1, -0.05) is 48.5 Å². The minimum Gasteiger partial charge on any atom is -0.493 e. The molecular formula is C25H25BrN2O3. The van der Waals surface area contributed by atoms with Gasteiger partial charge in [0.2, 0.25) is 5.91 Å². The summed E-state index contributed by atoms with van der Waals surface area (Å²) >= 11 is 3.54. The van der Waals surface area contributed by atoms with Crippen molar-refractivity contribution in [1.29, 1.82) is 0 Å². The van der Waals surface area contributed by atoms with Crippen LogP contribution in [0, 0.1) is 13.8 Å². The topological polar surface area (TPSA) is 59.9 Å². The molecule has 0 unspecified atom stereocenters. The number of amides is 1. The molecule has 0 spiro atoms. The molecule has 3 aromatic carbocycles. The van der Waals surface area contributed by atoms with E-state index in [2.05, 4.69) is 26.5 Å². The van der Waals surface area contributed by atoms with Gasteiger partial charge < -0.3 is 9.47 Å². The third kappa shape index (κ3) is 6.43. The van der Waals surface area contributed by atoms with E-state index in [1.54, 1.807) is 13.3 Å². The van der Waals surface area contributed by atoms with E-state index in [-0.39, 0.29) is 12.3 Å². The van der Waals surface area contributed by atoms with E-state index in [4.69, 9.17) is 9.47 Å². The van der Waals surface area contributed by atoms with E-state index in [1.165, 1.54) is 11.1 Å². The van der Waals surface area contributed by atoms with Gasteiger partial charge in [0, 0.05) is 0 Å². The number of carbonyl (C=O) groups is 1. The van der Waals surface area contributed by atoms with Gasteiger partial charge in [0.15, 0.2) is 11.5 Å². The second kappa shape index (κ2) is 10.8. The maximum absolute atomic E-state index is 12.2. The standard InChI is InChI=1S/C25H25BrN2O3/c1-17-9-10-20(11-18(17)2)14-24(29)28-27-15-21-12-22(26)25(23(13-21)30-3)31-16-19-7-5-4-6-8-19/h4-13,15H,14,16H2,1-3H3,(H,28,29)/b27-15-. The average molecular weight is 481 g/mol. The first-order chi connectivity index (χ1) is 15.0. The van der Waals surface area contributed by atoms with Crippen molar-refractivity contribution in [3.05, 3.63) is 93.0 Å². The highest BCUT2D eigenvalue weighted by Crippen LogP contribution is 2.36. The van der Waals surface area contributed by atoms with Crippen molar-refractivity contribution in [2.45, 2.75) is 26.9 Å². The van der Waals surface area contributed by atoms with Gasteiger partial charge in [0.1, 0.15) is 6.61 Å². The molecule has 0 fully saturated rings. The molecule has 0 aliphatic heterocycles. The normalized spacial score (nSPS) is 10.8. The smallest absolute Gasteiger partial charge is 0.244 e. The Balaban J connectivity index is 1.62. The van der Waals surface area contributed by atoms with Crippen LogP contribution in [0.25, 0.3) is 0 Å². The van der Waals surface area contributed by atoms with Crippen LogP contribution in [0.15, 0.2) is 70.2 Å². The number of aryl methyl sites for hydroxylation is 2. The third-order valence-corrected chi connectivity index (χ3v) is 5.41. The quantitative estimate of drug-likeness (QED) is 0.349. The Hall–Kier alpha value is -3.12. The summed E-state index contributed by atoms with van der Waals surface area (Å²) in [6.07, 6.45) is 1.85. The fraction of sp³-hybridized carbons (Fsp3) is 0.200. The van der Waals surface area contributed by atoms with Gasteiger partial charge in [0.25, 0.3) is 0 Å². The monoisotopic (exact) mass is 480 g/mol. The van der Waals surface area contributed by atoms with Crippen LogP contribution in [0.4, 0.5) is 0 Å². The molecule has 160 valence electrons. The Morgan fingerprint density at radius 1 is 1.03 bits per heavy atom. The predicted octanol–water partition coefficient (Wildman–Crippen LogP) is 5.35. The summed E-state index contributed by atoms with van der Waals surface area (Å²) in [4.78, 5) is 12.2. The van der Waals surface area contributed by atoms with Gasteiger partial charge >= 0.3 is 0 Å². The maximum atomic E-state index is 12.2. The molecule has 0 saturated heterocycles. The Bertz CT molecular complexity index is 1080. The van der Waals surface area contributed by atoms with Crippen LogP contribution in [-0.2, 0) is 17.8 Å². The average Bonchev–Trinajstić information content (AvgIpc) is 2.76. The molecule has 31 heavy (non-hydrogen) atoms. The van der Waals surface area contributed by atoms with Crippen molar-refractivity contribution in [3.63, 3.8) is 0 Å². The van der Waals surface area contributed by atoms with Crippen LogP contribution in [-0.4, -0.2) is 19.2 Å². The largest absolute Gasteiger partial charge is 0.493 e. The first-order valence-corrected chi connectivity index (χ1v) is 10.7. The molecule has 0 aliphatic carbocycles. The number of rotatable bonds is 8. The second-order valence-electron chi connectivity index (χ2n) is 7.20. The number of hydrazone groups is 1. The third-order valence-electron chi connectivity index (χ3n) is 4.82. The molecular weight excluding hydrogens is 456 g/mol. The SMILES string of the molecule is COc1cc(/C=N\NC(=O)Cc2ccc(C)c(C)c2)cc(Br)c1OCc1ccccc1. The van der Waals surface area contributed by atoms with Crippen LogP contribution >= 0.6 is 15.9 Å². The van der Waals surface area contributed by atoms with Crippen molar-refractivity contribution in [3.8, 4) is 11.5 Å². The van der Waals surface area contributed by atoms with Gasteiger partial charge in [-0.2, -0.15) is 5.10 Å². The second-order valence-corrected chi connectivity index (χ2v) is 8.05. The number of nitrogens with zero attached hydrogens (tertiary/aromatic N) is 1. The van der Waals surface area contributed by atoms with Crippen molar-refractivity contribution in [1.82, 2.24) is 5.43 Å². The molecule has 0 aliphatic rings. The van der Waals surface area contributed by atoms with Gasteiger partial charge in [-0.3, -0.25) is 4.79 Å². The van der Waals surface area contributed by atoms with E-state index in [0.717, 1.165) is 21.2 Å². The fourth-order valence-corrected chi connectivity index (χ4v) is 3.58. The van der Waals surface area contributed by atoms with E-state index in [0.29, 0.717) is 18.1 Å². The molecule has 0 radical (unpaired) electrons. The number of benzene rings is 3. The first-order valence-electron chi connectivity index (χ1n) is 9.88. The number of halogens is 1. The molecule has 1 amide bonds. The lowest BCUT2D eigenvalue weighted by molar-refractivity contribution is -0.120. The zero-order valence-corrected chi connectivity index (χ0v) is 19.4. The fourth-order valence-electron chi connectivity index (χ4n) is 3.00. The number of nitrogens with one attached hydrogen (secondary N) is 1. The summed E-state index contributed by atoms with van der Waals surface area (Å²) in [7, 11) is 1.59. The Labute approximate surface area is 191 Å². The zero-order chi connectivity index (χ0) is 22.2. The maximum Gasteiger partial charge on any atom is 0.244 e. The lowest BCUT2D eigenvalue weighted by Crippen LogP contribution is -2.19.